The molecule has 0 saturated heterocycles. The zero-order valence-electron chi connectivity index (χ0n) is 32.6. The van der Waals surface area contributed by atoms with E-state index < -0.39 is 66.0 Å². The third-order valence-electron chi connectivity index (χ3n) is 10.5. The number of fused-ring (bicyclic) bond motifs is 7. The predicted molar refractivity (Wildman–Crippen MR) is 224 cm³/mol. The smallest absolute Gasteiger partial charge is 0.124 e. The summed E-state index contributed by atoms with van der Waals surface area (Å²) in [4.78, 5) is 18.1. The van der Waals surface area contributed by atoms with E-state index in [0.29, 0.717) is 83.9 Å². The van der Waals surface area contributed by atoms with E-state index in [4.69, 9.17) is 19.9 Å². The van der Waals surface area contributed by atoms with Gasteiger partial charge in [0, 0.05) is 22.7 Å². The molecule has 1 unspecified atom stereocenters. The second-order valence-corrected chi connectivity index (χ2v) is 20.0. The summed E-state index contributed by atoms with van der Waals surface area (Å²) in [7, 11) is -19.3. The summed E-state index contributed by atoms with van der Waals surface area (Å²) in [6, 6.07) is 30.8. The topological polar surface area (TPSA) is 283 Å². The van der Waals surface area contributed by atoms with Gasteiger partial charge in [0.25, 0.3) is 0 Å². The van der Waals surface area contributed by atoms with E-state index in [1.54, 1.807) is 48.6 Å². The van der Waals surface area contributed by atoms with Crippen LogP contribution in [0.3, 0.4) is 0 Å². The van der Waals surface area contributed by atoms with Gasteiger partial charge in [0.2, 0.25) is 0 Å². The Bertz CT molecular complexity index is 3740. The van der Waals surface area contributed by atoms with Crippen molar-refractivity contribution in [2.24, 2.45) is 4.99 Å². The largest absolute Gasteiger partial charge is 0.744 e. The molecule has 9 rings (SSSR count). The molecule has 333 valence electrons. The van der Waals surface area contributed by atoms with Gasteiger partial charge in [-0.05, 0) is 99.7 Å². The van der Waals surface area contributed by atoms with Crippen molar-refractivity contribution in [3.63, 3.8) is 0 Å². The van der Waals surface area contributed by atoms with Crippen LogP contribution in [0.5, 0.6) is 0 Å². The zero-order chi connectivity index (χ0) is 45.3. The van der Waals surface area contributed by atoms with Crippen molar-refractivity contribution >= 4 is 62.9 Å². The Balaban J connectivity index is 0.00000576. The first-order chi connectivity index (χ1) is 30.2. The summed E-state index contributed by atoms with van der Waals surface area (Å²) in [5.41, 5.74) is 4.98. The fourth-order valence-corrected chi connectivity index (χ4v) is 9.48. The molecule has 0 fully saturated rings. The SMILES string of the molecule is O=S(=O)([O-])c1ccc(/C2=C3\C=CC(=N3)C(c3ccc(S(=O)(=O)[O-])cc3)c3ccc([n-]3)/C(c3ccc(S(=O)(=O)[O-])cc3)=c3/cc/c([n-]3)=C(\c3ccc(S(=O)(=O)[O-])cc3)c3ccc2[n-]3)cc1.[Co]. The van der Waals surface area contributed by atoms with Gasteiger partial charge in [0.15, 0.2) is 0 Å². The molecule has 16 nitrogen and oxygen atoms in total. The van der Waals surface area contributed by atoms with Crippen LogP contribution in [0.15, 0.2) is 176 Å². The minimum Gasteiger partial charge on any atom is -0.744 e. The average Bonchev–Trinajstić information content (AvgIpc) is 4.08. The summed E-state index contributed by atoms with van der Waals surface area (Å²) >= 11 is 0. The molecule has 2 aliphatic heterocycles. The molecule has 1 radical (unpaired) electrons. The maximum Gasteiger partial charge on any atom is 0.124 e. The van der Waals surface area contributed by atoms with E-state index in [2.05, 4.69) is 0 Å². The van der Waals surface area contributed by atoms with Crippen molar-refractivity contribution in [2.75, 3.05) is 0 Å². The molecule has 8 bridgehead atoms. The Morgan fingerprint density at radius 1 is 0.400 bits per heavy atom. The molecular formula is C44H25CoN4O12S4-7. The Morgan fingerprint density at radius 3 is 1.20 bits per heavy atom. The summed E-state index contributed by atoms with van der Waals surface area (Å²) in [6.45, 7) is 0. The van der Waals surface area contributed by atoms with Gasteiger partial charge < -0.3 is 33.2 Å². The number of nitrogens with zero attached hydrogens (tertiary/aromatic N) is 4. The van der Waals surface area contributed by atoms with Gasteiger partial charge in [-0.25, -0.2) is 33.7 Å². The molecule has 65 heavy (non-hydrogen) atoms. The van der Waals surface area contributed by atoms with Crippen LogP contribution >= 0.6 is 0 Å². The number of hydrogen-bond donors (Lipinski definition) is 0. The maximum absolute atomic E-state index is 11.9. The molecule has 7 aromatic rings. The fourth-order valence-electron chi connectivity index (χ4n) is 7.60. The maximum atomic E-state index is 11.9. The molecule has 3 aromatic heterocycles. The second kappa shape index (κ2) is 16.6. The van der Waals surface area contributed by atoms with Crippen molar-refractivity contribution in [3.8, 4) is 0 Å². The third kappa shape index (κ3) is 8.94. The van der Waals surface area contributed by atoms with Gasteiger partial charge in [-0.15, -0.1) is 33.5 Å². The third-order valence-corrected chi connectivity index (χ3v) is 13.9. The van der Waals surface area contributed by atoms with Crippen molar-refractivity contribution < 1.29 is 68.7 Å². The molecule has 0 amide bonds. The van der Waals surface area contributed by atoms with Gasteiger partial charge in [0.1, 0.15) is 40.5 Å². The van der Waals surface area contributed by atoms with E-state index >= 15 is 0 Å². The van der Waals surface area contributed by atoms with Crippen LogP contribution in [0.1, 0.15) is 50.9 Å². The van der Waals surface area contributed by atoms with Gasteiger partial charge in [0.05, 0.1) is 31.0 Å². The molecule has 4 aromatic carbocycles. The minimum atomic E-state index is -4.82. The van der Waals surface area contributed by atoms with Crippen LogP contribution in [0.25, 0.3) is 16.7 Å². The van der Waals surface area contributed by atoms with E-state index in [0.717, 1.165) is 36.4 Å². The van der Waals surface area contributed by atoms with Crippen molar-refractivity contribution in [2.45, 2.75) is 25.5 Å². The number of aliphatic imine (C=N–C) groups is 1. The summed E-state index contributed by atoms with van der Waals surface area (Å²) < 4.78 is 143. The predicted octanol–water partition coefficient (Wildman–Crippen LogP) is 2.58. The monoisotopic (exact) mass is 988 g/mol. The second-order valence-electron chi connectivity index (χ2n) is 14.5. The Labute approximate surface area is 381 Å². The fraction of sp³-hybridized carbons (Fsp3) is 0.0227. The van der Waals surface area contributed by atoms with E-state index in [1.807, 2.05) is 0 Å². The summed E-state index contributed by atoms with van der Waals surface area (Å²) in [5.74, 6) is -0.811. The van der Waals surface area contributed by atoms with Crippen LogP contribution < -0.4 is 25.7 Å². The van der Waals surface area contributed by atoms with Crippen LogP contribution in [-0.2, 0) is 57.3 Å². The average molecular weight is 989 g/mol. The molecular weight excluding hydrogens is 964 g/mol. The molecule has 1 atom stereocenters. The van der Waals surface area contributed by atoms with E-state index in [1.165, 1.54) is 60.7 Å². The van der Waals surface area contributed by atoms with Crippen LogP contribution in [-0.4, -0.2) is 57.6 Å². The molecule has 0 N–H and O–H groups in total. The zero-order valence-corrected chi connectivity index (χ0v) is 36.9. The van der Waals surface area contributed by atoms with Crippen molar-refractivity contribution in [3.05, 3.63) is 207 Å². The normalized spacial score (nSPS) is 18.3. The molecule has 0 spiro atoms. The van der Waals surface area contributed by atoms with Gasteiger partial charge >= 0.3 is 0 Å². The first-order valence-corrected chi connectivity index (χ1v) is 24.3. The van der Waals surface area contributed by atoms with E-state index in [9.17, 15) is 51.9 Å². The molecule has 0 aliphatic carbocycles. The van der Waals surface area contributed by atoms with E-state index in [-0.39, 0.29) is 16.8 Å². The quantitative estimate of drug-likeness (QED) is 0.198. The van der Waals surface area contributed by atoms with Crippen LogP contribution in [0, 0.1) is 0 Å². The summed E-state index contributed by atoms with van der Waals surface area (Å²) in [6.07, 6.45) is 3.38. The first-order valence-electron chi connectivity index (χ1n) is 18.6. The Kier molecular flexibility index (Phi) is 11.6. The standard InChI is InChI=1S/C44H29N4O12S4.Co/c49-61(50,51)29-9-1-25(2-10-29)41-33-17-19-35(45-33)42(26-3-11-30(12-4-26)62(52,53)54)37-21-23-39(47-37)44(28-7-15-32(16-8-28)64(58,59)60)40-24-22-38(48-40)43(36-20-18-34(41)46-36)27-5-13-31(14-6-27)63(55,56)57;/h1-24,41H,(H,49,50,51)(H,52,53,54)(H,55,56,57)(H,58,59,60);/q-3;/p-4/b42-35-,43-38-,44-40-;. The van der Waals surface area contributed by atoms with Gasteiger partial charge in [-0.3, -0.25) is 4.99 Å². The molecule has 21 heteroatoms. The number of aromatic nitrogens is 3. The summed E-state index contributed by atoms with van der Waals surface area (Å²) in [5, 5.41) is 0.641. The molecule has 5 heterocycles. The number of rotatable bonds is 8. The Morgan fingerprint density at radius 2 is 0.769 bits per heavy atom. The first kappa shape index (κ1) is 45.3. The number of hydrogen-bond acceptors (Lipinski definition) is 13. The molecule has 0 saturated carbocycles. The number of benzene rings is 4. The van der Waals surface area contributed by atoms with Crippen LogP contribution in [0.2, 0.25) is 0 Å². The van der Waals surface area contributed by atoms with Gasteiger partial charge in [-0.2, -0.15) is 0 Å². The minimum absolute atomic E-state index is 0. The number of allylic oxidation sites excluding steroid dienone is 2. The van der Waals surface area contributed by atoms with Crippen LogP contribution in [0.4, 0.5) is 0 Å². The van der Waals surface area contributed by atoms with Gasteiger partial charge in [-0.1, -0.05) is 84.9 Å². The molecule has 2 aliphatic rings. The van der Waals surface area contributed by atoms with Crippen molar-refractivity contribution in [1.29, 1.82) is 0 Å². The Hall–Kier alpha value is -6.24. The van der Waals surface area contributed by atoms with Crippen molar-refractivity contribution in [1.82, 2.24) is 15.0 Å².